The van der Waals surface area contributed by atoms with Gasteiger partial charge in [0.1, 0.15) is 22.4 Å². The minimum Gasteiger partial charge on any atom is -0.296 e. The maximum atomic E-state index is 5.25. The average molecular weight is 466 g/mol. The quantitative estimate of drug-likeness (QED) is 0.303. The van der Waals surface area contributed by atoms with Crippen LogP contribution >= 0.6 is 0 Å². The lowest BCUT2D eigenvalue weighted by Gasteiger charge is -2.13. The molecule has 1 aromatic carbocycles. The average Bonchev–Trinajstić information content (AvgIpc) is 3.44. The minimum atomic E-state index is 0.743. The van der Waals surface area contributed by atoms with Crippen LogP contribution in [0.4, 0.5) is 0 Å². The first-order valence-electron chi connectivity index (χ1n) is 12.0. The highest BCUT2D eigenvalue weighted by molar-refractivity contribution is 6.12. The molecule has 0 N–H and O–H groups in total. The van der Waals surface area contributed by atoms with E-state index in [1.165, 1.54) is 5.70 Å². The molecule has 0 fully saturated rings. The Morgan fingerprint density at radius 3 is 2.42 bits per heavy atom. The van der Waals surface area contributed by atoms with Gasteiger partial charge in [0.15, 0.2) is 11.3 Å². The lowest BCUT2D eigenvalue weighted by molar-refractivity contribution is 0.972. The van der Waals surface area contributed by atoms with Crippen LogP contribution in [0.25, 0.3) is 66.8 Å². The van der Waals surface area contributed by atoms with Crippen molar-refractivity contribution in [1.29, 1.82) is 0 Å². The Kier molecular flexibility index (Phi) is 3.93. The highest BCUT2D eigenvalue weighted by atomic mass is 15.2. The summed E-state index contributed by atoms with van der Waals surface area (Å²) in [6.45, 7) is 0. The van der Waals surface area contributed by atoms with Crippen LogP contribution in [0.15, 0.2) is 91.3 Å². The van der Waals surface area contributed by atoms with Crippen molar-refractivity contribution in [3.05, 3.63) is 91.3 Å². The standard InChI is InChI=1S/C29H19N7/c1-2-8-18(9-3-1)35-22-12-5-4-10-19(22)25-28(35)34-27-26-23(13-7-17-31-26)36(29(27)33-25)24-15-14-20-21(32-24)11-6-16-30-20/h1-2,4-8,10-17H,3,9H2. The van der Waals surface area contributed by atoms with Crippen molar-refractivity contribution in [1.82, 2.24) is 34.1 Å². The fourth-order valence-corrected chi connectivity index (χ4v) is 5.30. The SMILES string of the molecule is C1=CCCC(n2c3ccccc3c3nc4c(nc32)c2ncccc2n4-c2ccc3ncccc3n2)=C1. The number of nitrogens with zero attached hydrogens (tertiary/aromatic N) is 7. The van der Waals surface area contributed by atoms with Gasteiger partial charge in [-0.05, 0) is 61.4 Å². The van der Waals surface area contributed by atoms with Gasteiger partial charge in [0.05, 0.1) is 22.1 Å². The van der Waals surface area contributed by atoms with Crippen molar-refractivity contribution in [2.45, 2.75) is 12.8 Å². The van der Waals surface area contributed by atoms with E-state index in [9.17, 15) is 0 Å². The van der Waals surface area contributed by atoms with Gasteiger partial charge >= 0.3 is 0 Å². The van der Waals surface area contributed by atoms with E-state index in [1.807, 2.05) is 36.4 Å². The molecule has 0 aliphatic heterocycles. The summed E-state index contributed by atoms with van der Waals surface area (Å²) in [5, 5.41) is 1.08. The zero-order chi connectivity index (χ0) is 23.6. The highest BCUT2D eigenvalue weighted by Gasteiger charge is 2.22. The molecule has 36 heavy (non-hydrogen) atoms. The molecule has 7 nitrogen and oxygen atoms in total. The molecule has 0 amide bonds. The third-order valence-corrected chi connectivity index (χ3v) is 6.88. The second kappa shape index (κ2) is 7.29. The Morgan fingerprint density at radius 2 is 1.47 bits per heavy atom. The molecule has 6 heterocycles. The van der Waals surface area contributed by atoms with E-state index >= 15 is 0 Å². The molecule has 1 aliphatic rings. The maximum Gasteiger partial charge on any atom is 0.168 e. The molecule has 0 bridgehead atoms. The number of para-hydroxylation sites is 1. The Hall–Kier alpha value is -4.91. The topological polar surface area (TPSA) is 74.3 Å². The number of hydrogen-bond donors (Lipinski definition) is 0. The minimum absolute atomic E-state index is 0.743. The lowest BCUT2D eigenvalue weighted by Crippen LogP contribution is -2.02. The molecule has 170 valence electrons. The summed E-state index contributed by atoms with van der Waals surface area (Å²) in [4.78, 5) is 24.6. The molecule has 0 unspecified atom stereocenters. The van der Waals surface area contributed by atoms with E-state index in [2.05, 4.69) is 56.6 Å². The van der Waals surface area contributed by atoms with Crippen LogP contribution in [-0.4, -0.2) is 34.1 Å². The number of rotatable bonds is 2. The summed E-state index contributed by atoms with van der Waals surface area (Å²) in [6.07, 6.45) is 12.1. The predicted octanol–water partition coefficient (Wildman–Crippen LogP) is 6.21. The molecular formula is C29H19N7. The van der Waals surface area contributed by atoms with Gasteiger partial charge in [-0.15, -0.1) is 0 Å². The van der Waals surface area contributed by atoms with Crippen LogP contribution in [0.5, 0.6) is 0 Å². The third kappa shape index (κ3) is 2.65. The van der Waals surface area contributed by atoms with E-state index in [1.54, 1.807) is 12.4 Å². The first-order chi connectivity index (χ1) is 17.9. The van der Waals surface area contributed by atoms with Crippen LogP contribution in [-0.2, 0) is 0 Å². The van der Waals surface area contributed by atoms with Crippen LogP contribution in [0, 0.1) is 0 Å². The van der Waals surface area contributed by atoms with Gasteiger partial charge in [-0.2, -0.15) is 0 Å². The molecule has 6 aromatic heterocycles. The van der Waals surface area contributed by atoms with Crippen molar-refractivity contribution in [3.8, 4) is 5.82 Å². The Balaban J connectivity index is 1.53. The molecule has 0 atom stereocenters. The summed E-state index contributed by atoms with van der Waals surface area (Å²) in [5.74, 6) is 0.765. The van der Waals surface area contributed by atoms with E-state index in [0.717, 1.165) is 74.0 Å². The fraction of sp³-hybridized carbons (Fsp3) is 0.0690. The lowest BCUT2D eigenvalue weighted by atomic mass is 10.1. The summed E-state index contributed by atoms with van der Waals surface area (Å²) in [7, 11) is 0. The van der Waals surface area contributed by atoms with E-state index in [0.29, 0.717) is 0 Å². The molecule has 0 radical (unpaired) electrons. The second-order valence-corrected chi connectivity index (χ2v) is 8.96. The Labute approximate surface area is 205 Å². The van der Waals surface area contributed by atoms with Crippen LogP contribution in [0.1, 0.15) is 12.8 Å². The molecule has 8 rings (SSSR count). The van der Waals surface area contributed by atoms with Gasteiger partial charge in [-0.25, -0.2) is 15.0 Å². The van der Waals surface area contributed by atoms with Crippen molar-refractivity contribution < 1.29 is 0 Å². The van der Waals surface area contributed by atoms with Crippen LogP contribution < -0.4 is 0 Å². The van der Waals surface area contributed by atoms with Crippen LogP contribution in [0.3, 0.4) is 0 Å². The van der Waals surface area contributed by atoms with Gasteiger partial charge < -0.3 is 0 Å². The van der Waals surface area contributed by atoms with Gasteiger partial charge in [0.25, 0.3) is 0 Å². The monoisotopic (exact) mass is 465 g/mol. The number of hydrogen-bond acceptors (Lipinski definition) is 5. The number of pyridine rings is 3. The first-order valence-corrected chi connectivity index (χ1v) is 12.0. The molecule has 7 aromatic rings. The zero-order valence-corrected chi connectivity index (χ0v) is 19.2. The molecule has 0 spiro atoms. The third-order valence-electron chi connectivity index (χ3n) is 6.88. The van der Waals surface area contributed by atoms with Crippen molar-refractivity contribution in [2.24, 2.45) is 0 Å². The van der Waals surface area contributed by atoms with Crippen LogP contribution in [0.2, 0.25) is 0 Å². The second-order valence-electron chi connectivity index (χ2n) is 8.96. The summed E-state index contributed by atoms with van der Waals surface area (Å²) < 4.78 is 4.32. The van der Waals surface area contributed by atoms with Crippen molar-refractivity contribution >= 4 is 61.0 Å². The molecule has 0 saturated carbocycles. The largest absolute Gasteiger partial charge is 0.296 e. The Bertz CT molecular complexity index is 2060. The first kappa shape index (κ1) is 19.4. The van der Waals surface area contributed by atoms with Gasteiger partial charge in [0, 0.05) is 23.5 Å². The van der Waals surface area contributed by atoms with Crippen molar-refractivity contribution in [3.63, 3.8) is 0 Å². The van der Waals surface area contributed by atoms with E-state index < -0.39 is 0 Å². The number of fused-ring (bicyclic) bond motifs is 7. The normalized spacial score (nSPS) is 13.9. The molecule has 0 saturated heterocycles. The van der Waals surface area contributed by atoms with E-state index in [-0.39, 0.29) is 0 Å². The van der Waals surface area contributed by atoms with Gasteiger partial charge in [-0.1, -0.05) is 30.4 Å². The van der Waals surface area contributed by atoms with E-state index in [4.69, 9.17) is 19.9 Å². The smallest absolute Gasteiger partial charge is 0.168 e. The summed E-state index contributed by atoms with van der Waals surface area (Å²) in [6, 6.07) is 20.2. The van der Waals surface area contributed by atoms with Gasteiger partial charge in [0.2, 0.25) is 0 Å². The number of aromatic nitrogens is 7. The zero-order valence-electron chi connectivity index (χ0n) is 19.2. The highest BCUT2D eigenvalue weighted by Crippen LogP contribution is 2.36. The molecular weight excluding hydrogens is 446 g/mol. The molecule has 1 aliphatic carbocycles. The predicted molar refractivity (Wildman–Crippen MR) is 143 cm³/mol. The number of allylic oxidation sites excluding steroid dienone is 4. The Morgan fingerprint density at radius 1 is 0.639 bits per heavy atom. The number of benzene rings is 1. The summed E-state index contributed by atoms with van der Waals surface area (Å²) in [5.41, 5.74) is 8.98. The van der Waals surface area contributed by atoms with Gasteiger partial charge in [-0.3, -0.25) is 19.1 Å². The van der Waals surface area contributed by atoms with Crippen molar-refractivity contribution in [2.75, 3.05) is 0 Å². The fourth-order valence-electron chi connectivity index (χ4n) is 5.30. The summed E-state index contributed by atoms with van der Waals surface area (Å²) >= 11 is 0. The molecule has 7 heteroatoms. The maximum absolute atomic E-state index is 5.25.